The quantitative estimate of drug-likeness (QED) is 0.625. The second-order valence-electron chi connectivity index (χ2n) is 6.68. The van der Waals surface area contributed by atoms with E-state index in [0.29, 0.717) is 16.3 Å². The number of nitrogens with one attached hydrogen (secondary N) is 2. The number of rotatable bonds is 5. The highest BCUT2D eigenvalue weighted by atomic mass is 32.1. The van der Waals surface area contributed by atoms with Gasteiger partial charge >= 0.3 is 0 Å². The van der Waals surface area contributed by atoms with Crippen LogP contribution >= 0.6 is 11.3 Å². The van der Waals surface area contributed by atoms with Crippen LogP contribution in [0.4, 0.5) is 0 Å². The Balaban J connectivity index is 1.65. The Morgan fingerprint density at radius 2 is 1.72 bits per heavy atom. The minimum Gasteiger partial charge on any atom is -0.481 e. The molecule has 0 bridgehead atoms. The average Bonchev–Trinajstić information content (AvgIpc) is 3.11. The van der Waals surface area contributed by atoms with Crippen LogP contribution in [-0.2, 0) is 4.79 Å². The van der Waals surface area contributed by atoms with Crippen LogP contribution in [0, 0.1) is 20.8 Å². The molecule has 1 aromatic heterocycles. The van der Waals surface area contributed by atoms with E-state index in [0.717, 1.165) is 21.7 Å². The molecule has 0 aliphatic heterocycles. The van der Waals surface area contributed by atoms with Crippen molar-refractivity contribution in [2.24, 2.45) is 0 Å². The van der Waals surface area contributed by atoms with Gasteiger partial charge in [-0.05, 0) is 44.9 Å². The fourth-order valence-electron chi connectivity index (χ4n) is 2.75. The molecule has 7 heteroatoms. The topological polar surface area (TPSA) is 80.3 Å². The number of thiazole rings is 1. The summed E-state index contributed by atoms with van der Waals surface area (Å²) >= 11 is 1.28. The number of ether oxygens (including phenoxy) is 1. The molecule has 29 heavy (non-hydrogen) atoms. The number of aryl methyl sites for hydroxylation is 2. The lowest BCUT2D eigenvalue weighted by atomic mass is 10.1. The van der Waals surface area contributed by atoms with Gasteiger partial charge in [-0.2, -0.15) is 0 Å². The van der Waals surface area contributed by atoms with E-state index in [1.54, 1.807) is 6.92 Å². The van der Waals surface area contributed by atoms with Crippen LogP contribution in [0.5, 0.6) is 5.75 Å². The number of amides is 2. The van der Waals surface area contributed by atoms with Crippen LogP contribution in [0.25, 0.3) is 11.3 Å². The highest BCUT2D eigenvalue weighted by Crippen LogP contribution is 2.27. The molecule has 0 saturated carbocycles. The molecule has 0 fully saturated rings. The summed E-state index contributed by atoms with van der Waals surface area (Å²) in [6, 6.07) is 15.1. The monoisotopic (exact) mass is 409 g/mol. The van der Waals surface area contributed by atoms with Crippen LogP contribution < -0.4 is 15.6 Å². The second kappa shape index (κ2) is 8.87. The molecule has 3 rings (SSSR count). The first-order valence-electron chi connectivity index (χ1n) is 9.22. The molecule has 2 N–H and O–H groups in total. The van der Waals surface area contributed by atoms with Gasteiger partial charge in [-0.15, -0.1) is 11.3 Å². The molecule has 1 atom stereocenters. The summed E-state index contributed by atoms with van der Waals surface area (Å²) in [5, 5.41) is 0.770. The third-order valence-electron chi connectivity index (χ3n) is 4.51. The van der Waals surface area contributed by atoms with Crippen molar-refractivity contribution < 1.29 is 14.3 Å². The van der Waals surface area contributed by atoms with E-state index in [1.165, 1.54) is 11.3 Å². The maximum atomic E-state index is 12.6. The molecule has 0 spiro atoms. The van der Waals surface area contributed by atoms with Gasteiger partial charge in [0.25, 0.3) is 11.8 Å². The smallest absolute Gasteiger partial charge is 0.282 e. The minimum atomic E-state index is -0.771. The van der Waals surface area contributed by atoms with Gasteiger partial charge in [-0.3, -0.25) is 20.4 Å². The maximum absolute atomic E-state index is 12.6. The predicted molar refractivity (Wildman–Crippen MR) is 114 cm³/mol. The van der Waals surface area contributed by atoms with Crippen LogP contribution in [-0.4, -0.2) is 22.9 Å². The van der Waals surface area contributed by atoms with Crippen molar-refractivity contribution in [2.75, 3.05) is 0 Å². The van der Waals surface area contributed by atoms with Gasteiger partial charge in [0.1, 0.15) is 10.6 Å². The summed E-state index contributed by atoms with van der Waals surface area (Å²) in [4.78, 5) is 29.9. The van der Waals surface area contributed by atoms with Crippen molar-refractivity contribution in [3.63, 3.8) is 0 Å². The zero-order valence-corrected chi connectivity index (χ0v) is 17.6. The fourth-order valence-corrected chi connectivity index (χ4v) is 3.58. The highest BCUT2D eigenvalue weighted by Gasteiger charge is 2.21. The summed E-state index contributed by atoms with van der Waals surface area (Å²) in [7, 11) is 0. The Morgan fingerprint density at radius 3 is 2.45 bits per heavy atom. The molecular weight excluding hydrogens is 386 g/mol. The van der Waals surface area contributed by atoms with E-state index in [2.05, 4.69) is 15.8 Å². The number of hydrazine groups is 1. The largest absolute Gasteiger partial charge is 0.481 e. The van der Waals surface area contributed by atoms with E-state index >= 15 is 0 Å². The fraction of sp³-hybridized carbons (Fsp3) is 0.227. The minimum absolute atomic E-state index is 0.415. The van der Waals surface area contributed by atoms with Crippen LogP contribution in [0.3, 0.4) is 0 Å². The predicted octanol–water partition coefficient (Wildman–Crippen LogP) is 3.96. The third-order valence-corrected chi connectivity index (χ3v) is 5.48. The molecule has 0 radical (unpaired) electrons. The van der Waals surface area contributed by atoms with E-state index in [-0.39, 0.29) is 0 Å². The zero-order valence-electron chi connectivity index (χ0n) is 16.8. The van der Waals surface area contributed by atoms with Crippen molar-refractivity contribution in [3.8, 4) is 17.0 Å². The van der Waals surface area contributed by atoms with Gasteiger partial charge in [0.05, 0.1) is 10.7 Å². The molecule has 150 valence electrons. The Hall–Kier alpha value is -3.19. The Labute approximate surface area is 173 Å². The Morgan fingerprint density at radius 1 is 1.00 bits per heavy atom. The number of aromatic nitrogens is 1. The number of hydrogen-bond acceptors (Lipinski definition) is 5. The number of hydrogen-bond donors (Lipinski definition) is 2. The normalized spacial score (nSPS) is 11.6. The first-order chi connectivity index (χ1) is 13.9. The first-order valence-corrected chi connectivity index (χ1v) is 10.0. The maximum Gasteiger partial charge on any atom is 0.282 e. The van der Waals surface area contributed by atoms with Gasteiger partial charge in [-0.25, -0.2) is 4.98 Å². The van der Waals surface area contributed by atoms with E-state index < -0.39 is 17.9 Å². The second-order valence-corrected chi connectivity index (χ2v) is 7.88. The van der Waals surface area contributed by atoms with Crippen LogP contribution in [0.15, 0.2) is 48.5 Å². The molecular formula is C22H23N3O3S. The van der Waals surface area contributed by atoms with Gasteiger partial charge < -0.3 is 4.74 Å². The van der Waals surface area contributed by atoms with Gasteiger partial charge in [-0.1, -0.05) is 42.5 Å². The van der Waals surface area contributed by atoms with Gasteiger partial charge in [0.2, 0.25) is 0 Å². The molecule has 1 heterocycles. The summed E-state index contributed by atoms with van der Waals surface area (Å²) in [6.07, 6.45) is -0.771. The standard InChI is InChI=1S/C22H23N3O3S/c1-13-9-8-12-18(14(13)2)28-15(3)21(26)24-25-22(27)20-19(23-16(4)29-20)17-10-6-5-7-11-17/h5-12,15H,1-4H3,(H,24,26)(H,25,27)/t15-/m0/s1. The van der Waals surface area contributed by atoms with Crippen molar-refractivity contribution in [3.05, 3.63) is 69.5 Å². The van der Waals surface area contributed by atoms with Crippen molar-refractivity contribution >= 4 is 23.2 Å². The number of carbonyl (C=O) groups is 2. The van der Waals surface area contributed by atoms with Crippen molar-refractivity contribution in [2.45, 2.75) is 33.8 Å². The molecule has 2 amide bonds. The molecule has 0 saturated heterocycles. The van der Waals surface area contributed by atoms with Gasteiger partial charge in [0.15, 0.2) is 6.10 Å². The SMILES string of the molecule is Cc1nc(-c2ccccc2)c(C(=O)NNC(=O)[C@H](C)Oc2cccc(C)c2C)s1. The number of carbonyl (C=O) groups excluding carboxylic acids is 2. The van der Waals surface area contributed by atoms with Crippen molar-refractivity contribution in [1.29, 1.82) is 0 Å². The summed E-state index contributed by atoms with van der Waals surface area (Å²) in [6.45, 7) is 7.39. The molecule has 3 aromatic rings. The van der Waals surface area contributed by atoms with Gasteiger partial charge in [0, 0.05) is 5.56 Å². The number of nitrogens with zero attached hydrogens (tertiary/aromatic N) is 1. The Bertz CT molecular complexity index is 1030. The molecule has 0 unspecified atom stereocenters. The zero-order chi connectivity index (χ0) is 21.0. The summed E-state index contributed by atoms with van der Waals surface area (Å²) in [5.41, 5.74) is 8.41. The van der Waals surface area contributed by atoms with E-state index in [1.807, 2.05) is 69.3 Å². The lowest BCUT2D eigenvalue weighted by Crippen LogP contribution is -2.47. The molecule has 0 aliphatic rings. The summed E-state index contributed by atoms with van der Waals surface area (Å²) in [5.74, 6) is -0.216. The lowest BCUT2D eigenvalue weighted by molar-refractivity contribution is -0.128. The molecule has 2 aromatic carbocycles. The average molecular weight is 410 g/mol. The Kier molecular flexibility index (Phi) is 6.29. The lowest BCUT2D eigenvalue weighted by Gasteiger charge is -2.17. The van der Waals surface area contributed by atoms with Crippen LogP contribution in [0.2, 0.25) is 0 Å². The van der Waals surface area contributed by atoms with Crippen molar-refractivity contribution in [1.82, 2.24) is 15.8 Å². The van der Waals surface area contributed by atoms with Crippen LogP contribution in [0.1, 0.15) is 32.7 Å². The van der Waals surface area contributed by atoms with E-state index in [4.69, 9.17) is 4.74 Å². The molecule has 6 nitrogen and oxygen atoms in total. The first kappa shape index (κ1) is 20.5. The van der Waals surface area contributed by atoms with E-state index in [9.17, 15) is 9.59 Å². The third kappa shape index (κ3) is 4.81. The highest BCUT2D eigenvalue weighted by molar-refractivity contribution is 7.14. The number of benzene rings is 2. The molecule has 0 aliphatic carbocycles. The summed E-state index contributed by atoms with van der Waals surface area (Å²) < 4.78 is 5.75.